The molecular weight excluding hydrogens is 375 g/mol. The third-order valence-corrected chi connectivity index (χ3v) is 4.37. The van der Waals surface area contributed by atoms with Crippen LogP contribution in [-0.4, -0.2) is 31.1 Å². The predicted octanol–water partition coefficient (Wildman–Crippen LogP) is 3.98. The van der Waals surface area contributed by atoms with Gasteiger partial charge in [0, 0.05) is 32.4 Å². The number of rotatable bonds is 4. The number of nitrogens with zero attached hydrogens (tertiary/aromatic N) is 3. The van der Waals surface area contributed by atoms with Gasteiger partial charge in [-0.05, 0) is 52.8 Å². The lowest BCUT2D eigenvalue weighted by Gasteiger charge is -2.15. The van der Waals surface area contributed by atoms with Gasteiger partial charge in [-0.1, -0.05) is 13.8 Å². The second-order valence-electron chi connectivity index (χ2n) is 5.44. The first kappa shape index (κ1) is 16.0. The lowest BCUT2D eigenvalue weighted by molar-refractivity contribution is 0.809. The number of nitrogens with one attached hydrogen (secondary N) is 1. The summed E-state index contributed by atoms with van der Waals surface area (Å²) in [5, 5.41) is 3.16. The van der Waals surface area contributed by atoms with E-state index in [1.165, 1.54) is 5.69 Å². The minimum atomic E-state index is 0.367. The molecule has 0 unspecified atom stereocenters. The summed E-state index contributed by atoms with van der Waals surface area (Å²) in [6, 6.07) is 8.32. The first-order valence-electron chi connectivity index (χ1n) is 6.97. The van der Waals surface area contributed by atoms with Crippen molar-refractivity contribution in [1.29, 1.82) is 0 Å². The molecule has 0 aliphatic rings. The molecule has 2 aromatic rings. The van der Waals surface area contributed by atoms with E-state index in [2.05, 4.69) is 75.9 Å². The second kappa shape index (κ2) is 6.60. The van der Waals surface area contributed by atoms with Crippen LogP contribution in [0.3, 0.4) is 0 Å². The van der Waals surface area contributed by atoms with Gasteiger partial charge >= 0.3 is 0 Å². The minimum Gasteiger partial charge on any atom is -0.378 e. The zero-order chi connectivity index (χ0) is 15.6. The van der Waals surface area contributed by atoms with Crippen LogP contribution in [0.1, 0.15) is 25.5 Å². The number of benzene rings is 1. The highest BCUT2D eigenvalue weighted by molar-refractivity contribution is 14.1. The van der Waals surface area contributed by atoms with Crippen molar-refractivity contribution in [2.45, 2.75) is 19.8 Å². The van der Waals surface area contributed by atoms with Crippen molar-refractivity contribution in [1.82, 2.24) is 9.97 Å². The van der Waals surface area contributed by atoms with Crippen molar-refractivity contribution in [3.8, 4) is 11.4 Å². The SMILES string of the molecule is CNc1nc(-c2ccc(N(C)C)cc2)nc(C(C)C)c1I. The summed E-state index contributed by atoms with van der Waals surface area (Å²) in [7, 11) is 5.96. The number of hydrogen-bond acceptors (Lipinski definition) is 4. The molecule has 0 fully saturated rings. The molecule has 0 aliphatic carbocycles. The van der Waals surface area contributed by atoms with Crippen LogP contribution in [0, 0.1) is 3.57 Å². The monoisotopic (exact) mass is 396 g/mol. The maximum atomic E-state index is 4.75. The Kier molecular flexibility index (Phi) is 5.03. The molecule has 1 aromatic carbocycles. The van der Waals surface area contributed by atoms with E-state index in [4.69, 9.17) is 4.98 Å². The highest BCUT2D eigenvalue weighted by Gasteiger charge is 2.15. The number of anilines is 2. The summed E-state index contributed by atoms with van der Waals surface area (Å²) in [5.41, 5.74) is 3.29. The van der Waals surface area contributed by atoms with Crippen LogP contribution in [-0.2, 0) is 0 Å². The lowest BCUT2D eigenvalue weighted by Crippen LogP contribution is -2.08. The molecule has 0 aliphatic heterocycles. The third kappa shape index (κ3) is 3.45. The van der Waals surface area contributed by atoms with E-state index in [1.807, 2.05) is 21.1 Å². The largest absolute Gasteiger partial charge is 0.378 e. The van der Waals surface area contributed by atoms with E-state index in [9.17, 15) is 0 Å². The van der Waals surface area contributed by atoms with Gasteiger partial charge in [0.25, 0.3) is 0 Å². The number of aromatic nitrogens is 2. The smallest absolute Gasteiger partial charge is 0.161 e. The molecule has 0 saturated carbocycles. The average molecular weight is 396 g/mol. The van der Waals surface area contributed by atoms with E-state index in [0.29, 0.717) is 5.92 Å². The minimum absolute atomic E-state index is 0.367. The summed E-state index contributed by atoms with van der Waals surface area (Å²) < 4.78 is 1.10. The topological polar surface area (TPSA) is 41.1 Å². The average Bonchev–Trinajstić information content (AvgIpc) is 2.47. The predicted molar refractivity (Wildman–Crippen MR) is 98.1 cm³/mol. The first-order chi connectivity index (χ1) is 9.93. The van der Waals surface area contributed by atoms with Crippen LogP contribution >= 0.6 is 22.6 Å². The molecule has 0 spiro atoms. The van der Waals surface area contributed by atoms with Crippen LogP contribution in [0.2, 0.25) is 0 Å². The number of hydrogen-bond donors (Lipinski definition) is 1. The summed E-state index contributed by atoms with van der Waals surface area (Å²) in [4.78, 5) is 11.5. The second-order valence-corrected chi connectivity index (χ2v) is 6.52. The van der Waals surface area contributed by atoms with Gasteiger partial charge in [-0.25, -0.2) is 9.97 Å². The molecule has 0 atom stereocenters. The van der Waals surface area contributed by atoms with Crippen LogP contribution in [0.15, 0.2) is 24.3 Å². The Bertz CT molecular complexity index is 621. The maximum Gasteiger partial charge on any atom is 0.161 e. The summed E-state index contributed by atoms with van der Waals surface area (Å²) >= 11 is 2.31. The Hall–Kier alpha value is -1.37. The highest BCUT2D eigenvalue weighted by atomic mass is 127. The zero-order valence-corrected chi connectivity index (χ0v) is 15.3. The normalized spacial score (nSPS) is 10.8. The van der Waals surface area contributed by atoms with Crippen LogP contribution in [0.25, 0.3) is 11.4 Å². The molecule has 0 saturated heterocycles. The van der Waals surface area contributed by atoms with Crippen molar-refractivity contribution >= 4 is 34.1 Å². The van der Waals surface area contributed by atoms with Gasteiger partial charge in [-0.3, -0.25) is 0 Å². The van der Waals surface area contributed by atoms with Crippen molar-refractivity contribution < 1.29 is 0 Å². The van der Waals surface area contributed by atoms with E-state index in [-0.39, 0.29) is 0 Å². The lowest BCUT2D eigenvalue weighted by atomic mass is 10.1. The molecule has 1 heterocycles. The Morgan fingerprint density at radius 1 is 1.10 bits per heavy atom. The standard InChI is InChI=1S/C16H21IN4/c1-10(2)14-13(17)16(18-3)20-15(19-14)11-6-8-12(9-7-11)21(4)5/h6-10H,1-5H3,(H,18,19,20). The van der Waals surface area contributed by atoms with Crippen molar-refractivity contribution in [3.63, 3.8) is 0 Å². The molecular formula is C16H21IN4. The summed E-state index contributed by atoms with van der Waals surface area (Å²) in [6.07, 6.45) is 0. The molecule has 0 amide bonds. The fourth-order valence-corrected chi connectivity index (χ4v) is 3.18. The molecule has 0 bridgehead atoms. The molecule has 4 nitrogen and oxygen atoms in total. The fraction of sp³-hybridized carbons (Fsp3) is 0.375. The van der Waals surface area contributed by atoms with Crippen molar-refractivity contribution in [3.05, 3.63) is 33.5 Å². The molecule has 0 radical (unpaired) electrons. The first-order valence-corrected chi connectivity index (χ1v) is 8.04. The van der Waals surface area contributed by atoms with Gasteiger partial charge < -0.3 is 10.2 Å². The third-order valence-electron chi connectivity index (χ3n) is 3.30. The summed E-state index contributed by atoms with van der Waals surface area (Å²) in [5.74, 6) is 2.03. The summed E-state index contributed by atoms with van der Waals surface area (Å²) in [6.45, 7) is 4.31. The van der Waals surface area contributed by atoms with Gasteiger partial charge in [0.05, 0.1) is 9.26 Å². The fourth-order valence-electron chi connectivity index (χ4n) is 2.05. The van der Waals surface area contributed by atoms with Gasteiger partial charge in [-0.2, -0.15) is 0 Å². The zero-order valence-electron chi connectivity index (χ0n) is 13.1. The van der Waals surface area contributed by atoms with E-state index >= 15 is 0 Å². The molecule has 5 heteroatoms. The van der Waals surface area contributed by atoms with Crippen LogP contribution in [0.4, 0.5) is 11.5 Å². The quantitative estimate of drug-likeness (QED) is 0.794. The van der Waals surface area contributed by atoms with Gasteiger partial charge in [0.1, 0.15) is 5.82 Å². The molecule has 1 N–H and O–H groups in total. The number of halogens is 1. The molecule has 112 valence electrons. The van der Waals surface area contributed by atoms with E-state index in [0.717, 1.165) is 26.5 Å². The van der Waals surface area contributed by atoms with Crippen molar-refractivity contribution in [2.24, 2.45) is 0 Å². The Labute approximate surface area is 140 Å². The van der Waals surface area contributed by atoms with Gasteiger partial charge in [0.2, 0.25) is 0 Å². The van der Waals surface area contributed by atoms with Crippen LogP contribution < -0.4 is 10.2 Å². The maximum absolute atomic E-state index is 4.75. The van der Waals surface area contributed by atoms with Gasteiger partial charge in [-0.15, -0.1) is 0 Å². The van der Waals surface area contributed by atoms with Gasteiger partial charge in [0.15, 0.2) is 5.82 Å². The Morgan fingerprint density at radius 3 is 2.19 bits per heavy atom. The highest BCUT2D eigenvalue weighted by Crippen LogP contribution is 2.28. The van der Waals surface area contributed by atoms with Crippen molar-refractivity contribution in [2.75, 3.05) is 31.4 Å². The molecule has 2 rings (SSSR count). The molecule has 1 aromatic heterocycles. The van der Waals surface area contributed by atoms with Crippen LogP contribution in [0.5, 0.6) is 0 Å². The Morgan fingerprint density at radius 2 is 1.71 bits per heavy atom. The Balaban J connectivity index is 2.50. The van der Waals surface area contributed by atoms with E-state index < -0.39 is 0 Å². The van der Waals surface area contributed by atoms with E-state index in [1.54, 1.807) is 0 Å². The molecule has 21 heavy (non-hydrogen) atoms.